The van der Waals surface area contributed by atoms with Gasteiger partial charge in [0.05, 0.1) is 12.1 Å². The van der Waals surface area contributed by atoms with Gasteiger partial charge in [-0.05, 0) is 47.0 Å². The van der Waals surface area contributed by atoms with Crippen LogP contribution in [0.15, 0.2) is 30.3 Å². The number of aryl methyl sites for hydroxylation is 1. The molecule has 0 amide bonds. The number of nitrogens with one attached hydrogen (secondary N) is 1. The number of alkyl halides is 6. The van der Waals surface area contributed by atoms with E-state index >= 15 is 0 Å². The van der Waals surface area contributed by atoms with Crippen LogP contribution in [0.4, 0.5) is 26.3 Å². The molecule has 0 fully saturated rings. The predicted octanol–water partition coefficient (Wildman–Crippen LogP) is 5.33. The first-order chi connectivity index (χ1) is 16.5. The number of halogens is 7. The van der Waals surface area contributed by atoms with E-state index in [-0.39, 0.29) is 23.6 Å². The zero-order chi connectivity index (χ0) is 25.4. The highest BCUT2D eigenvalue weighted by molar-refractivity contribution is 6.28. The van der Waals surface area contributed by atoms with E-state index in [1.165, 1.54) is 24.3 Å². The van der Waals surface area contributed by atoms with Crippen LogP contribution in [0, 0.1) is 0 Å². The number of rotatable bonds is 7. The van der Waals surface area contributed by atoms with Crippen molar-refractivity contribution in [1.82, 2.24) is 40.0 Å². The molecule has 0 spiro atoms. The summed E-state index contributed by atoms with van der Waals surface area (Å²) in [5, 5.41) is 16.3. The van der Waals surface area contributed by atoms with Crippen molar-refractivity contribution in [2.45, 2.75) is 45.1 Å². The molecule has 0 saturated heterocycles. The smallest absolute Gasteiger partial charge is 0.302 e. The minimum atomic E-state index is -5.09. The Morgan fingerprint density at radius 1 is 1.03 bits per heavy atom. The van der Waals surface area contributed by atoms with E-state index in [9.17, 15) is 26.3 Å². The fraction of sp³-hybridized carbons (Fsp3) is 0.350. The van der Waals surface area contributed by atoms with E-state index in [0.717, 1.165) is 12.8 Å². The number of benzene rings is 1. The van der Waals surface area contributed by atoms with E-state index < -0.39 is 35.1 Å². The quantitative estimate of drug-likeness (QED) is 0.334. The monoisotopic (exact) mass is 518 g/mol. The van der Waals surface area contributed by atoms with Gasteiger partial charge in [-0.2, -0.15) is 31.6 Å². The highest BCUT2D eigenvalue weighted by atomic mass is 35.5. The predicted molar refractivity (Wildman–Crippen MR) is 112 cm³/mol. The third kappa shape index (κ3) is 5.16. The van der Waals surface area contributed by atoms with Gasteiger partial charge in [-0.25, -0.2) is 9.67 Å². The summed E-state index contributed by atoms with van der Waals surface area (Å²) < 4.78 is 84.4. The largest absolute Gasteiger partial charge is 0.431 e. The summed E-state index contributed by atoms with van der Waals surface area (Å²) in [6, 6.07) is 5.57. The van der Waals surface area contributed by atoms with Crippen molar-refractivity contribution in [2.24, 2.45) is 0 Å². The Kier molecular flexibility index (Phi) is 6.58. The Morgan fingerprint density at radius 2 is 1.74 bits per heavy atom. The fourth-order valence-corrected chi connectivity index (χ4v) is 3.79. The molecule has 0 atom stereocenters. The molecule has 186 valence electrons. The molecule has 0 aliphatic rings. The van der Waals surface area contributed by atoms with Crippen LogP contribution < -0.4 is 0 Å². The van der Waals surface area contributed by atoms with Crippen LogP contribution >= 0.6 is 11.6 Å². The number of nitrogens with zero attached hydrogens (tertiary/aromatic N) is 7. The van der Waals surface area contributed by atoms with Gasteiger partial charge in [-0.3, -0.25) is 0 Å². The second-order valence-corrected chi connectivity index (χ2v) is 7.92. The molecule has 1 N–H and O–H groups in total. The maximum atomic E-state index is 13.8. The average Bonchev–Trinajstić information content (AvgIpc) is 3.50. The zero-order valence-electron chi connectivity index (χ0n) is 18.0. The van der Waals surface area contributed by atoms with E-state index in [1.807, 2.05) is 12.1 Å². The van der Waals surface area contributed by atoms with Crippen molar-refractivity contribution in [2.75, 3.05) is 0 Å². The van der Waals surface area contributed by atoms with Crippen LogP contribution in [0.25, 0.3) is 17.2 Å². The minimum absolute atomic E-state index is 0.0387. The summed E-state index contributed by atoms with van der Waals surface area (Å²) in [6.07, 6.45) is -7.75. The van der Waals surface area contributed by atoms with Gasteiger partial charge >= 0.3 is 12.4 Å². The molecule has 3 aromatic heterocycles. The SMILES string of the molecule is CCCCc1nc(Cl)nn1Cc1ccc(-n2c(C(F)(F)F)cc(C(F)(F)F)c2-c2nn[nH]n2)cc1. The Labute approximate surface area is 198 Å². The summed E-state index contributed by atoms with van der Waals surface area (Å²) in [5.74, 6) is 0.0228. The Balaban J connectivity index is 1.78. The normalized spacial score (nSPS) is 12.5. The standard InChI is InChI=1S/C20H17ClF6N8/c1-2-3-4-15-28-18(21)31-34(15)10-11-5-7-12(8-6-11)35-14(20(25,26)27)9-13(19(22,23)24)16(35)17-29-32-33-30-17/h5-9H,2-4,10H2,1H3,(H,29,30,32,33). The molecule has 0 radical (unpaired) electrons. The van der Waals surface area contributed by atoms with Gasteiger partial charge in [0.1, 0.15) is 17.2 Å². The lowest BCUT2D eigenvalue weighted by Gasteiger charge is -2.15. The van der Waals surface area contributed by atoms with Gasteiger partial charge in [0.25, 0.3) is 0 Å². The fourth-order valence-electron chi connectivity index (χ4n) is 3.60. The van der Waals surface area contributed by atoms with Crippen LogP contribution in [-0.2, 0) is 25.3 Å². The molecule has 0 bridgehead atoms. The summed E-state index contributed by atoms with van der Waals surface area (Å²) >= 11 is 5.92. The topological polar surface area (TPSA) is 90.1 Å². The minimum Gasteiger partial charge on any atom is -0.302 e. The van der Waals surface area contributed by atoms with Crippen LogP contribution in [0.1, 0.15) is 42.4 Å². The van der Waals surface area contributed by atoms with Crippen LogP contribution in [0.5, 0.6) is 0 Å². The maximum Gasteiger partial charge on any atom is 0.431 e. The van der Waals surface area contributed by atoms with Crippen molar-refractivity contribution in [3.63, 3.8) is 0 Å². The zero-order valence-corrected chi connectivity index (χ0v) is 18.7. The van der Waals surface area contributed by atoms with Gasteiger partial charge in [-0.1, -0.05) is 25.5 Å². The maximum absolute atomic E-state index is 13.8. The molecule has 4 rings (SSSR count). The van der Waals surface area contributed by atoms with E-state index in [4.69, 9.17) is 11.6 Å². The van der Waals surface area contributed by atoms with E-state index in [2.05, 4.69) is 25.5 Å². The number of aromatic nitrogens is 8. The van der Waals surface area contributed by atoms with Gasteiger partial charge < -0.3 is 4.57 Å². The summed E-state index contributed by atoms with van der Waals surface area (Å²) in [6.45, 7) is 2.24. The molecule has 15 heteroatoms. The van der Waals surface area contributed by atoms with Crippen molar-refractivity contribution in [3.8, 4) is 17.2 Å². The molecule has 0 aliphatic carbocycles. The molecule has 35 heavy (non-hydrogen) atoms. The summed E-state index contributed by atoms with van der Waals surface area (Å²) in [5.41, 5.74) is -3.48. The van der Waals surface area contributed by atoms with Gasteiger partial charge in [0.15, 0.2) is 0 Å². The number of hydrogen-bond acceptors (Lipinski definition) is 5. The summed E-state index contributed by atoms with van der Waals surface area (Å²) in [7, 11) is 0. The first kappa shape index (κ1) is 24.7. The van der Waals surface area contributed by atoms with Crippen LogP contribution in [0.3, 0.4) is 0 Å². The lowest BCUT2D eigenvalue weighted by molar-refractivity contribution is -0.143. The third-order valence-corrected chi connectivity index (χ3v) is 5.32. The van der Waals surface area contributed by atoms with Crippen molar-refractivity contribution >= 4 is 11.6 Å². The van der Waals surface area contributed by atoms with E-state index in [0.29, 0.717) is 22.4 Å². The molecular formula is C20H17ClF6N8. The Bertz CT molecular complexity index is 1290. The molecular weight excluding hydrogens is 502 g/mol. The molecule has 0 unspecified atom stereocenters. The Hall–Kier alpha value is -3.42. The van der Waals surface area contributed by atoms with E-state index in [1.54, 1.807) is 4.68 Å². The van der Waals surface area contributed by atoms with Gasteiger partial charge in [0, 0.05) is 12.1 Å². The lowest BCUT2D eigenvalue weighted by atomic mass is 10.2. The highest BCUT2D eigenvalue weighted by Crippen LogP contribution is 2.44. The molecule has 4 aromatic rings. The first-order valence-electron chi connectivity index (χ1n) is 10.3. The van der Waals surface area contributed by atoms with Crippen LogP contribution in [-0.4, -0.2) is 40.0 Å². The number of aromatic amines is 1. The first-order valence-corrected chi connectivity index (χ1v) is 10.7. The molecule has 3 heterocycles. The van der Waals surface area contributed by atoms with Crippen molar-refractivity contribution in [3.05, 3.63) is 58.3 Å². The molecule has 0 aliphatic heterocycles. The number of hydrogen-bond donors (Lipinski definition) is 1. The highest BCUT2D eigenvalue weighted by Gasteiger charge is 2.45. The number of tetrazole rings is 1. The van der Waals surface area contributed by atoms with Crippen molar-refractivity contribution < 1.29 is 26.3 Å². The van der Waals surface area contributed by atoms with Gasteiger partial charge in [0.2, 0.25) is 11.1 Å². The molecule has 8 nitrogen and oxygen atoms in total. The van der Waals surface area contributed by atoms with Gasteiger partial charge in [-0.15, -0.1) is 15.3 Å². The molecule has 0 saturated carbocycles. The average molecular weight is 519 g/mol. The van der Waals surface area contributed by atoms with Crippen molar-refractivity contribution in [1.29, 1.82) is 0 Å². The van der Waals surface area contributed by atoms with Crippen LogP contribution in [0.2, 0.25) is 5.28 Å². The second-order valence-electron chi connectivity index (χ2n) is 7.58. The molecule has 1 aromatic carbocycles. The third-order valence-electron chi connectivity index (χ3n) is 5.16. The lowest BCUT2D eigenvalue weighted by Crippen LogP contribution is -2.14. The summed E-state index contributed by atoms with van der Waals surface area (Å²) in [4.78, 5) is 4.17. The Morgan fingerprint density at radius 3 is 2.31 bits per heavy atom. The number of unbranched alkanes of at least 4 members (excludes halogenated alkanes) is 1. The number of H-pyrrole nitrogens is 1. The second kappa shape index (κ2) is 9.32.